The smallest absolute Gasteiger partial charge is 0.0942 e. The molecule has 1 atom stereocenters. The molecule has 0 spiro atoms. The third-order valence-corrected chi connectivity index (χ3v) is 4.89. The SMILES string of the molecule is Cc1ccc(C(Cl)c2cc(C)c(C)cc2Cl)s1. The van der Waals surface area contributed by atoms with E-state index < -0.39 is 0 Å². The number of aryl methyl sites for hydroxylation is 3. The van der Waals surface area contributed by atoms with E-state index in [0.717, 1.165) is 15.5 Å². The van der Waals surface area contributed by atoms with E-state index in [1.165, 1.54) is 16.0 Å². The third-order valence-electron chi connectivity index (χ3n) is 2.90. The molecule has 0 aliphatic heterocycles. The van der Waals surface area contributed by atoms with Crippen molar-refractivity contribution in [1.29, 1.82) is 0 Å². The van der Waals surface area contributed by atoms with Crippen LogP contribution in [0.15, 0.2) is 24.3 Å². The minimum Gasteiger partial charge on any atom is -0.144 e. The van der Waals surface area contributed by atoms with Crippen molar-refractivity contribution in [2.75, 3.05) is 0 Å². The van der Waals surface area contributed by atoms with Crippen LogP contribution in [0, 0.1) is 20.8 Å². The number of hydrogen-bond donors (Lipinski definition) is 0. The highest BCUT2D eigenvalue weighted by Gasteiger charge is 2.16. The van der Waals surface area contributed by atoms with Crippen LogP contribution in [-0.2, 0) is 0 Å². The molecule has 2 rings (SSSR count). The van der Waals surface area contributed by atoms with Crippen molar-refractivity contribution in [2.24, 2.45) is 0 Å². The fourth-order valence-corrected chi connectivity index (χ4v) is 3.38. The molecule has 1 aromatic carbocycles. The van der Waals surface area contributed by atoms with Gasteiger partial charge in [-0.05, 0) is 55.7 Å². The summed E-state index contributed by atoms with van der Waals surface area (Å²) in [5.41, 5.74) is 3.42. The van der Waals surface area contributed by atoms with Crippen molar-refractivity contribution in [3.63, 3.8) is 0 Å². The number of hydrogen-bond acceptors (Lipinski definition) is 1. The van der Waals surface area contributed by atoms with Gasteiger partial charge in [0.05, 0.1) is 5.38 Å². The summed E-state index contributed by atoms with van der Waals surface area (Å²) >= 11 is 14.5. The van der Waals surface area contributed by atoms with E-state index in [9.17, 15) is 0 Å². The van der Waals surface area contributed by atoms with E-state index in [1.54, 1.807) is 11.3 Å². The average molecular weight is 285 g/mol. The van der Waals surface area contributed by atoms with Crippen LogP contribution in [0.4, 0.5) is 0 Å². The first-order valence-corrected chi connectivity index (χ1v) is 7.09. The maximum Gasteiger partial charge on any atom is 0.0942 e. The van der Waals surface area contributed by atoms with E-state index in [2.05, 4.69) is 39.0 Å². The summed E-state index contributed by atoms with van der Waals surface area (Å²) in [6, 6.07) is 8.24. The van der Waals surface area contributed by atoms with Crippen LogP contribution in [0.1, 0.15) is 31.8 Å². The topological polar surface area (TPSA) is 0 Å². The first kappa shape index (κ1) is 12.9. The third kappa shape index (κ3) is 2.67. The van der Waals surface area contributed by atoms with Crippen LogP contribution in [0.5, 0.6) is 0 Å². The Morgan fingerprint density at radius 2 is 1.71 bits per heavy atom. The average Bonchev–Trinajstić information content (AvgIpc) is 2.69. The van der Waals surface area contributed by atoms with Gasteiger partial charge in [0.25, 0.3) is 0 Å². The summed E-state index contributed by atoms with van der Waals surface area (Å²) in [6.45, 7) is 6.22. The number of thiophene rings is 1. The predicted molar refractivity (Wildman–Crippen MR) is 77.7 cm³/mol. The summed E-state index contributed by atoms with van der Waals surface area (Å²) in [7, 11) is 0. The van der Waals surface area contributed by atoms with Gasteiger partial charge in [-0.15, -0.1) is 22.9 Å². The highest BCUT2D eigenvalue weighted by molar-refractivity contribution is 7.12. The fourth-order valence-electron chi connectivity index (χ4n) is 1.74. The Kier molecular flexibility index (Phi) is 3.82. The zero-order chi connectivity index (χ0) is 12.6. The van der Waals surface area contributed by atoms with Crippen LogP contribution >= 0.6 is 34.5 Å². The van der Waals surface area contributed by atoms with Crippen LogP contribution in [-0.4, -0.2) is 0 Å². The summed E-state index contributed by atoms with van der Waals surface area (Å²) in [5, 5.41) is 0.597. The van der Waals surface area contributed by atoms with Crippen molar-refractivity contribution in [1.82, 2.24) is 0 Å². The summed E-state index contributed by atoms with van der Waals surface area (Å²) in [6.07, 6.45) is 0. The Labute approximate surface area is 116 Å². The second-order valence-corrected chi connectivity index (χ2v) is 6.43. The molecule has 90 valence electrons. The molecule has 0 N–H and O–H groups in total. The van der Waals surface area contributed by atoms with E-state index in [1.807, 2.05) is 6.07 Å². The zero-order valence-electron chi connectivity index (χ0n) is 10.1. The Morgan fingerprint density at radius 3 is 2.29 bits per heavy atom. The molecule has 1 aromatic heterocycles. The summed E-state index contributed by atoms with van der Waals surface area (Å²) in [5.74, 6) is 0. The highest BCUT2D eigenvalue weighted by atomic mass is 35.5. The van der Waals surface area contributed by atoms with Gasteiger partial charge >= 0.3 is 0 Å². The second-order valence-electron chi connectivity index (χ2n) is 4.27. The lowest BCUT2D eigenvalue weighted by atomic mass is 10.0. The lowest BCUT2D eigenvalue weighted by Gasteiger charge is -2.12. The Balaban J connectivity index is 2.43. The molecule has 0 fully saturated rings. The zero-order valence-corrected chi connectivity index (χ0v) is 12.4. The van der Waals surface area contributed by atoms with Gasteiger partial charge in [0.1, 0.15) is 0 Å². The van der Waals surface area contributed by atoms with Crippen molar-refractivity contribution in [2.45, 2.75) is 26.1 Å². The molecule has 0 radical (unpaired) electrons. The Hall–Kier alpha value is -0.500. The molecule has 0 bridgehead atoms. The molecule has 17 heavy (non-hydrogen) atoms. The van der Waals surface area contributed by atoms with E-state index in [4.69, 9.17) is 23.2 Å². The first-order chi connectivity index (χ1) is 7.99. The van der Waals surface area contributed by atoms with Gasteiger partial charge in [-0.25, -0.2) is 0 Å². The maximum atomic E-state index is 6.50. The molecular weight excluding hydrogens is 271 g/mol. The number of benzene rings is 1. The molecule has 0 nitrogen and oxygen atoms in total. The van der Waals surface area contributed by atoms with Crippen molar-refractivity contribution < 1.29 is 0 Å². The van der Waals surface area contributed by atoms with Gasteiger partial charge in [-0.1, -0.05) is 17.7 Å². The Bertz CT molecular complexity index is 543. The van der Waals surface area contributed by atoms with Gasteiger partial charge in [-0.3, -0.25) is 0 Å². The summed E-state index contributed by atoms with van der Waals surface area (Å²) < 4.78 is 0. The molecule has 2 aromatic rings. The van der Waals surface area contributed by atoms with Gasteiger partial charge in [0.15, 0.2) is 0 Å². The first-order valence-electron chi connectivity index (χ1n) is 5.46. The normalized spacial score (nSPS) is 12.8. The largest absolute Gasteiger partial charge is 0.144 e. The van der Waals surface area contributed by atoms with Crippen molar-refractivity contribution in [3.8, 4) is 0 Å². The quantitative estimate of drug-likeness (QED) is 0.625. The minimum absolute atomic E-state index is 0.152. The van der Waals surface area contributed by atoms with E-state index >= 15 is 0 Å². The lowest BCUT2D eigenvalue weighted by molar-refractivity contribution is 1.16. The van der Waals surface area contributed by atoms with Gasteiger partial charge in [0.2, 0.25) is 0 Å². The number of rotatable bonds is 2. The van der Waals surface area contributed by atoms with Gasteiger partial charge in [0, 0.05) is 14.8 Å². The standard InChI is InChI=1S/C14H14Cl2S/c1-8-6-11(12(15)7-9(8)2)14(16)13-5-4-10(3)17-13/h4-7,14H,1-3H3. The molecule has 1 heterocycles. The van der Waals surface area contributed by atoms with Crippen LogP contribution in [0.3, 0.4) is 0 Å². The predicted octanol–water partition coefficient (Wildman–Crippen LogP) is 5.65. The van der Waals surface area contributed by atoms with Crippen LogP contribution < -0.4 is 0 Å². The van der Waals surface area contributed by atoms with Gasteiger partial charge < -0.3 is 0 Å². The molecule has 0 saturated carbocycles. The lowest BCUT2D eigenvalue weighted by Crippen LogP contribution is -1.94. The molecule has 0 aliphatic carbocycles. The van der Waals surface area contributed by atoms with Crippen molar-refractivity contribution >= 4 is 34.5 Å². The number of alkyl halides is 1. The second kappa shape index (κ2) is 5.01. The molecule has 1 unspecified atom stereocenters. The molecule has 0 saturated heterocycles. The fraction of sp³-hybridized carbons (Fsp3) is 0.286. The minimum atomic E-state index is -0.152. The highest BCUT2D eigenvalue weighted by Crippen LogP contribution is 2.38. The van der Waals surface area contributed by atoms with Crippen LogP contribution in [0.25, 0.3) is 0 Å². The van der Waals surface area contributed by atoms with E-state index in [-0.39, 0.29) is 5.38 Å². The molecular formula is C14H14Cl2S. The monoisotopic (exact) mass is 284 g/mol. The maximum absolute atomic E-state index is 6.50. The number of halogens is 2. The molecule has 0 aliphatic rings. The van der Waals surface area contributed by atoms with Crippen molar-refractivity contribution in [3.05, 3.63) is 55.7 Å². The van der Waals surface area contributed by atoms with E-state index in [0.29, 0.717) is 0 Å². The van der Waals surface area contributed by atoms with Crippen LogP contribution in [0.2, 0.25) is 5.02 Å². The van der Waals surface area contributed by atoms with Gasteiger partial charge in [-0.2, -0.15) is 0 Å². The molecule has 0 amide bonds. The molecule has 3 heteroatoms. The summed E-state index contributed by atoms with van der Waals surface area (Å²) in [4.78, 5) is 2.42. The Morgan fingerprint density at radius 1 is 1.06 bits per heavy atom.